The van der Waals surface area contributed by atoms with Gasteiger partial charge in [-0.3, -0.25) is 4.79 Å². The zero-order chi connectivity index (χ0) is 19.1. The molecular formula is C22H23N3O2. The van der Waals surface area contributed by atoms with Gasteiger partial charge in [0.1, 0.15) is 11.6 Å². The van der Waals surface area contributed by atoms with Crippen LogP contribution in [0.4, 0.5) is 11.5 Å². The van der Waals surface area contributed by atoms with Gasteiger partial charge < -0.3 is 15.4 Å². The average molecular weight is 361 g/mol. The van der Waals surface area contributed by atoms with Crippen molar-refractivity contribution in [2.75, 3.05) is 17.2 Å². The van der Waals surface area contributed by atoms with E-state index < -0.39 is 0 Å². The molecule has 2 aromatic carbocycles. The Bertz CT molecular complexity index is 862. The van der Waals surface area contributed by atoms with E-state index in [1.807, 2.05) is 55.5 Å². The third-order valence-electron chi connectivity index (χ3n) is 4.11. The molecule has 3 aromatic rings. The lowest BCUT2D eigenvalue weighted by atomic mass is 10.1. The lowest BCUT2D eigenvalue weighted by Crippen LogP contribution is -2.13. The average Bonchev–Trinajstić information content (AvgIpc) is 2.71. The van der Waals surface area contributed by atoms with E-state index in [2.05, 4.69) is 34.7 Å². The second kappa shape index (κ2) is 8.85. The molecule has 1 aromatic heterocycles. The first-order valence-corrected chi connectivity index (χ1v) is 8.97. The van der Waals surface area contributed by atoms with Crippen molar-refractivity contribution in [3.05, 3.63) is 84.1 Å². The molecular weight excluding hydrogens is 338 g/mol. The number of carbonyl (C=O) groups excluding carboxylic acids is 1. The first kappa shape index (κ1) is 18.5. The number of rotatable bonds is 7. The Morgan fingerprint density at radius 2 is 1.78 bits per heavy atom. The molecule has 0 spiro atoms. The van der Waals surface area contributed by atoms with Gasteiger partial charge in [-0.15, -0.1) is 0 Å². The van der Waals surface area contributed by atoms with Crippen LogP contribution in [0.1, 0.15) is 35.8 Å². The van der Waals surface area contributed by atoms with E-state index in [0.29, 0.717) is 17.9 Å². The Hall–Kier alpha value is -3.34. The topological polar surface area (TPSA) is 63.2 Å². The number of aromatic nitrogens is 1. The van der Waals surface area contributed by atoms with Crippen molar-refractivity contribution in [3.63, 3.8) is 0 Å². The minimum Gasteiger partial charge on any atom is -0.494 e. The van der Waals surface area contributed by atoms with Crippen molar-refractivity contribution in [1.29, 1.82) is 0 Å². The van der Waals surface area contributed by atoms with E-state index in [1.54, 1.807) is 12.3 Å². The van der Waals surface area contributed by atoms with Crippen LogP contribution in [0.5, 0.6) is 5.75 Å². The van der Waals surface area contributed by atoms with Gasteiger partial charge in [-0.25, -0.2) is 4.98 Å². The molecule has 1 amide bonds. The van der Waals surface area contributed by atoms with Crippen molar-refractivity contribution < 1.29 is 9.53 Å². The Labute approximate surface area is 159 Å². The summed E-state index contributed by atoms with van der Waals surface area (Å²) in [7, 11) is 0. The van der Waals surface area contributed by atoms with Gasteiger partial charge in [0.15, 0.2) is 0 Å². The molecule has 2 N–H and O–H groups in total. The molecule has 0 saturated heterocycles. The van der Waals surface area contributed by atoms with Gasteiger partial charge in [0.05, 0.1) is 12.2 Å². The number of pyridine rings is 1. The lowest BCUT2D eigenvalue weighted by Gasteiger charge is -2.15. The summed E-state index contributed by atoms with van der Waals surface area (Å²) in [5, 5.41) is 6.19. The number of nitrogens with one attached hydrogen (secondary N) is 2. The van der Waals surface area contributed by atoms with Crippen molar-refractivity contribution in [2.24, 2.45) is 0 Å². The fraction of sp³-hybridized carbons (Fsp3) is 0.182. The summed E-state index contributed by atoms with van der Waals surface area (Å²) in [6.07, 6.45) is 1.57. The number of nitrogens with zero attached hydrogens (tertiary/aromatic N) is 1. The fourth-order valence-electron chi connectivity index (χ4n) is 2.66. The van der Waals surface area contributed by atoms with Crippen LogP contribution in [0.3, 0.4) is 0 Å². The predicted octanol–water partition coefficient (Wildman–Crippen LogP) is 4.91. The maximum Gasteiger partial charge on any atom is 0.257 e. The monoisotopic (exact) mass is 361 g/mol. The largest absolute Gasteiger partial charge is 0.494 e. The van der Waals surface area contributed by atoms with E-state index in [9.17, 15) is 4.79 Å². The van der Waals surface area contributed by atoms with Gasteiger partial charge in [0.2, 0.25) is 0 Å². The summed E-state index contributed by atoms with van der Waals surface area (Å²) in [6.45, 7) is 4.62. The zero-order valence-corrected chi connectivity index (χ0v) is 15.5. The summed E-state index contributed by atoms with van der Waals surface area (Å²) in [4.78, 5) is 16.7. The third-order valence-corrected chi connectivity index (χ3v) is 4.11. The Morgan fingerprint density at radius 3 is 2.41 bits per heavy atom. The highest BCUT2D eigenvalue weighted by Crippen LogP contribution is 2.19. The van der Waals surface area contributed by atoms with Gasteiger partial charge in [-0.2, -0.15) is 0 Å². The van der Waals surface area contributed by atoms with Gasteiger partial charge in [-0.1, -0.05) is 30.3 Å². The molecule has 5 heteroatoms. The molecule has 0 aliphatic carbocycles. The van der Waals surface area contributed by atoms with Crippen LogP contribution >= 0.6 is 0 Å². The number of ether oxygens (including phenoxy) is 1. The normalized spacial score (nSPS) is 11.5. The number of carbonyl (C=O) groups is 1. The van der Waals surface area contributed by atoms with Crippen LogP contribution in [0, 0.1) is 0 Å². The minimum absolute atomic E-state index is 0.127. The van der Waals surface area contributed by atoms with Crippen LogP contribution < -0.4 is 15.4 Å². The molecule has 3 rings (SSSR count). The highest BCUT2D eigenvalue weighted by Gasteiger charge is 2.09. The van der Waals surface area contributed by atoms with E-state index >= 15 is 0 Å². The van der Waals surface area contributed by atoms with E-state index in [0.717, 1.165) is 11.6 Å². The number of hydrogen-bond donors (Lipinski definition) is 2. The molecule has 5 nitrogen and oxygen atoms in total. The van der Waals surface area contributed by atoms with Crippen LogP contribution in [-0.4, -0.2) is 17.5 Å². The smallest absolute Gasteiger partial charge is 0.257 e. The van der Waals surface area contributed by atoms with E-state index in [-0.39, 0.29) is 11.9 Å². The summed E-state index contributed by atoms with van der Waals surface area (Å²) in [6, 6.07) is 21.1. The third kappa shape index (κ3) is 5.07. The summed E-state index contributed by atoms with van der Waals surface area (Å²) < 4.78 is 5.40. The molecule has 0 aliphatic rings. The quantitative estimate of drug-likeness (QED) is 0.628. The van der Waals surface area contributed by atoms with Crippen LogP contribution in [0.25, 0.3) is 0 Å². The Balaban J connectivity index is 1.60. The maximum absolute atomic E-state index is 12.4. The molecule has 27 heavy (non-hydrogen) atoms. The Kier molecular flexibility index (Phi) is 6.05. The van der Waals surface area contributed by atoms with Crippen LogP contribution in [0.2, 0.25) is 0 Å². The minimum atomic E-state index is -0.200. The molecule has 0 fully saturated rings. The summed E-state index contributed by atoms with van der Waals surface area (Å²) in [5.74, 6) is 1.30. The second-order valence-electron chi connectivity index (χ2n) is 6.12. The number of anilines is 2. The highest BCUT2D eigenvalue weighted by atomic mass is 16.5. The lowest BCUT2D eigenvalue weighted by molar-refractivity contribution is 0.102. The molecule has 0 saturated carbocycles. The Morgan fingerprint density at radius 1 is 1.04 bits per heavy atom. The molecule has 0 bridgehead atoms. The molecule has 1 heterocycles. The van der Waals surface area contributed by atoms with Crippen molar-refractivity contribution >= 4 is 17.4 Å². The predicted molar refractivity (Wildman–Crippen MR) is 108 cm³/mol. The van der Waals surface area contributed by atoms with Crippen molar-refractivity contribution in [2.45, 2.75) is 19.9 Å². The van der Waals surface area contributed by atoms with Crippen LogP contribution in [-0.2, 0) is 0 Å². The maximum atomic E-state index is 12.4. The fourth-order valence-corrected chi connectivity index (χ4v) is 2.66. The summed E-state index contributed by atoms with van der Waals surface area (Å²) in [5.41, 5.74) is 2.39. The first-order valence-electron chi connectivity index (χ1n) is 8.97. The van der Waals surface area contributed by atoms with Crippen molar-refractivity contribution in [1.82, 2.24) is 4.98 Å². The number of benzene rings is 2. The zero-order valence-electron chi connectivity index (χ0n) is 15.5. The van der Waals surface area contributed by atoms with Gasteiger partial charge in [0, 0.05) is 17.9 Å². The second-order valence-corrected chi connectivity index (χ2v) is 6.12. The van der Waals surface area contributed by atoms with E-state index in [4.69, 9.17) is 4.74 Å². The highest BCUT2D eigenvalue weighted by molar-refractivity contribution is 6.04. The standard InChI is InChI=1S/C22H23N3O2/c1-3-27-20-12-10-19(11-13-20)25-22(26)18-9-14-21(23-15-18)24-16(2)17-7-5-4-6-8-17/h4-16H,3H2,1-2H3,(H,23,24)(H,25,26). The van der Waals surface area contributed by atoms with Crippen molar-refractivity contribution in [3.8, 4) is 5.75 Å². The number of hydrogen-bond acceptors (Lipinski definition) is 4. The molecule has 138 valence electrons. The van der Waals surface area contributed by atoms with Gasteiger partial charge in [-0.05, 0) is 55.8 Å². The molecule has 1 unspecified atom stereocenters. The summed E-state index contributed by atoms with van der Waals surface area (Å²) >= 11 is 0. The molecule has 0 aliphatic heterocycles. The number of amides is 1. The first-order chi connectivity index (χ1) is 13.2. The molecule has 0 radical (unpaired) electrons. The molecule has 1 atom stereocenters. The van der Waals surface area contributed by atoms with Crippen LogP contribution in [0.15, 0.2) is 72.9 Å². The van der Waals surface area contributed by atoms with E-state index in [1.165, 1.54) is 5.56 Å². The SMILES string of the molecule is CCOc1ccc(NC(=O)c2ccc(NC(C)c3ccccc3)nc2)cc1. The van der Waals surface area contributed by atoms with Gasteiger partial charge >= 0.3 is 0 Å². The van der Waals surface area contributed by atoms with Gasteiger partial charge in [0.25, 0.3) is 5.91 Å².